The molecule has 0 bridgehead atoms. The van der Waals surface area contributed by atoms with Gasteiger partial charge in [0.25, 0.3) is 0 Å². The van der Waals surface area contributed by atoms with Gasteiger partial charge in [-0.15, -0.1) is 0 Å². The zero-order valence-electron chi connectivity index (χ0n) is 21.6. The molecule has 0 saturated carbocycles. The van der Waals surface area contributed by atoms with E-state index in [1.165, 1.54) is 18.5 Å². The fourth-order valence-electron chi connectivity index (χ4n) is 5.47. The molecule has 9 heteroatoms. The molecule has 0 spiro atoms. The van der Waals surface area contributed by atoms with Crippen LogP contribution < -0.4 is 15.1 Å². The minimum absolute atomic E-state index is 0.0724. The fraction of sp³-hybridized carbons (Fsp3) is 0.345. The van der Waals surface area contributed by atoms with Crippen LogP contribution in [0.3, 0.4) is 0 Å². The van der Waals surface area contributed by atoms with E-state index in [-0.39, 0.29) is 5.91 Å². The van der Waals surface area contributed by atoms with Gasteiger partial charge in [-0.1, -0.05) is 35.9 Å². The van der Waals surface area contributed by atoms with Crippen molar-refractivity contribution in [2.45, 2.75) is 25.8 Å². The molecule has 2 aromatic carbocycles. The van der Waals surface area contributed by atoms with Gasteiger partial charge in [-0.3, -0.25) is 14.2 Å². The van der Waals surface area contributed by atoms with Crippen LogP contribution in [0.2, 0.25) is 5.02 Å². The second kappa shape index (κ2) is 10.5. The summed E-state index contributed by atoms with van der Waals surface area (Å²) >= 11 is 6.39. The topological polar surface area (TPSA) is 69.0 Å². The smallest absolute Gasteiger partial charge is 0.244 e. The Morgan fingerprint density at radius 2 is 1.68 bits per heavy atom. The Morgan fingerprint density at radius 1 is 0.947 bits per heavy atom. The first-order chi connectivity index (χ1) is 18.6. The van der Waals surface area contributed by atoms with Crippen molar-refractivity contribution in [3.63, 3.8) is 0 Å². The molecule has 0 radical (unpaired) electrons. The van der Waals surface area contributed by atoms with E-state index in [4.69, 9.17) is 16.6 Å². The molecule has 1 N–H and O–H groups in total. The highest BCUT2D eigenvalue weighted by atomic mass is 35.5. The van der Waals surface area contributed by atoms with Crippen LogP contribution in [-0.2, 0) is 4.79 Å². The largest absolute Gasteiger partial charge is 0.372 e. The number of amides is 1. The summed E-state index contributed by atoms with van der Waals surface area (Å²) in [5.74, 6) is 0.870. The fourth-order valence-corrected chi connectivity index (χ4v) is 5.72. The van der Waals surface area contributed by atoms with E-state index >= 15 is 0 Å². The number of nitrogens with zero attached hydrogens (tertiary/aromatic N) is 6. The lowest BCUT2D eigenvalue weighted by Gasteiger charge is -2.37. The summed E-state index contributed by atoms with van der Waals surface area (Å²) in [6.45, 7) is 6.94. The van der Waals surface area contributed by atoms with Crippen LogP contribution in [0, 0.1) is 0 Å². The lowest BCUT2D eigenvalue weighted by Crippen LogP contribution is -2.52. The van der Waals surface area contributed by atoms with Crippen LogP contribution in [0.1, 0.15) is 19.8 Å². The third kappa shape index (κ3) is 4.76. The zero-order valence-corrected chi connectivity index (χ0v) is 22.3. The van der Waals surface area contributed by atoms with Crippen molar-refractivity contribution in [3.8, 4) is 11.3 Å². The van der Waals surface area contributed by atoms with Crippen LogP contribution in [0.25, 0.3) is 16.9 Å². The summed E-state index contributed by atoms with van der Waals surface area (Å²) in [6.07, 6.45) is 7.85. The van der Waals surface area contributed by atoms with Crippen molar-refractivity contribution in [1.82, 2.24) is 19.3 Å². The van der Waals surface area contributed by atoms with Gasteiger partial charge >= 0.3 is 0 Å². The minimum Gasteiger partial charge on any atom is -0.372 e. The zero-order chi connectivity index (χ0) is 26.1. The van der Waals surface area contributed by atoms with Crippen molar-refractivity contribution >= 4 is 40.3 Å². The Morgan fingerprint density at radius 3 is 2.42 bits per heavy atom. The van der Waals surface area contributed by atoms with Gasteiger partial charge in [0.05, 0.1) is 16.9 Å². The van der Waals surface area contributed by atoms with E-state index in [1.807, 2.05) is 46.7 Å². The van der Waals surface area contributed by atoms with Crippen molar-refractivity contribution in [3.05, 3.63) is 72.1 Å². The van der Waals surface area contributed by atoms with Gasteiger partial charge in [-0.25, -0.2) is 4.98 Å². The monoisotopic (exact) mass is 529 g/mol. The van der Waals surface area contributed by atoms with Gasteiger partial charge in [0.1, 0.15) is 17.6 Å². The van der Waals surface area contributed by atoms with Crippen LogP contribution in [0.5, 0.6) is 0 Å². The maximum Gasteiger partial charge on any atom is 0.244 e. The normalized spacial score (nSPS) is 16.7. The average Bonchev–Trinajstić information content (AvgIpc) is 3.62. The molecule has 2 saturated heterocycles. The third-order valence-corrected chi connectivity index (χ3v) is 7.87. The molecule has 4 heterocycles. The Bertz CT molecular complexity index is 1420. The van der Waals surface area contributed by atoms with E-state index in [0.29, 0.717) is 13.1 Å². The molecule has 2 fully saturated rings. The number of benzene rings is 2. The van der Waals surface area contributed by atoms with Gasteiger partial charge in [0.15, 0.2) is 5.65 Å². The highest BCUT2D eigenvalue weighted by Crippen LogP contribution is 2.32. The minimum atomic E-state index is -0.419. The van der Waals surface area contributed by atoms with Gasteiger partial charge in [-0.2, -0.15) is 0 Å². The summed E-state index contributed by atoms with van der Waals surface area (Å²) in [5, 5.41) is 4.23. The number of hydrogen-bond acceptors (Lipinski definition) is 6. The van der Waals surface area contributed by atoms with Gasteiger partial charge in [0.2, 0.25) is 5.91 Å². The summed E-state index contributed by atoms with van der Waals surface area (Å²) in [4.78, 5) is 29.2. The van der Waals surface area contributed by atoms with Crippen molar-refractivity contribution < 1.29 is 4.79 Å². The maximum absolute atomic E-state index is 13.5. The summed E-state index contributed by atoms with van der Waals surface area (Å²) in [6, 6.07) is 16.0. The molecule has 6 rings (SSSR count). The molecule has 0 aliphatic carbocycles. The SMILES string of the molecule is CC(Nc1c(-c2ccc(N3CCCC3)cc2)nc2cnccn12)C(=O)N1CCN(c2ccccc2Cl)CC1. The first-order valence-corrected chi connectivity index (χ1v) is 13.7. The number of aromatic nitrogens is 3. The lowest BCUT2D eigenvalue weighted by atomic mass is 10.1. The second-order valence-electron chi connectivity index (χ2n) is 9.98. The first kappa shape index (κ1) is 24.6. The van der Waals surface area contributed by atoms with Gasteiger partial charge in [-0.05, 0) is 44.0 Å². The molecular formula is C29H32ClN7O. The number of piperazine rings is 1. The van der Waals surface area contributed by atoms with E-state index in [0.717, 1.165) is 59.6 Å². The molecule has 1 amide bonds. The number of fused-ring (bicyclic) bond motifs is 1. The lowest BCUT2D eigenvalue weighted by molar-refractivity contribution is -0.131. The molecule has 38 heavy (non-hydrogen) atoms. The maximum atomic E-state index is 13.5. The first-order valence-electron chi connectivity index (χ1n) is 13.3. The Kier molecular flexibility index (Phi) is 6.81. The summed E-state index contributed by atoms with van der Waals surface area (Å²) in [5.41, 5.74) is 4.82. The molecule has 2 aliphatic heterocycles. The van der Waals surface area contributed by atoms with Crippen LogP contribution in [-0.4, -0.2) is 70.5 Å². The summed E-state index contributed by atoms with van der Waals surface area (Å²) < 4.78 is 1.97. The Hall–Kier alpha value is -3.78. The second-order valence-corrected chi connectivity index (χ2v) is 10.4. The quantitative estimate of drug-likeness (QED) is 0.387. The molecule has 4 aromatic rings. The number of hydrogen-bond donors (Lipinski definition) is 1. The van der Waals surface area contributed by atoms with Gasteiger partial charge < -0.3 is 20.0 Å². The Balaban J connectivity index is 1.19. The van der Waals surface area contributed by atoms with Crippen molar-refractivity contribution in [2.24, 2.45) is 0 Å². The van der Waals surface area contributed by atoms with Crippen molar-refractivity contribution in [2.75, 3.05) is 54.4 Å². The van der Waals surface area contributed by atoms with E-state index < -0.39 is 6.04 Å². The summed E-state index contributed by atoms with van der Waals surface area (Å²) in [7, 11) is 0. The highest BCUT2D eigenvalue weighted by Gasteiger charge is 2.27. The molecule has 1 atom stereocenters. The van der Waals surface area contributed by atoms with Crippen LogP contribution in [0.15, 0.2) is 67.1 Å². The number of rotatable bonds is 6. The number of imidazole rings is 1. The number of carbonyl (C=O) groups excluding carboxylic acids is 1. The van der Waals surface area contributed by atoms with E-state index in [9.17, 15) is 4.79 Å². The molecule has 2 aromatic heterocycles. The van der Waals surface area contributed by atoms with Crippen LogP contribution >= 0.6 is 11.6 Å². The molecule has 2 aliphatic rings. The van der Waals surface area contributed by atoms with Crippen molar-refractivity contribution in [1.29, 1.82) is 0 Å². The predicted molar refractivity (Wildman–Crippen MR) is 153 cm³/mol. The van der Waals surface area contributed by atoms with Crippen LogP contribution in [0.4, 0.5) is 17.2 Å². The predicted octanol–water partition coefficient (Wildman–Crippen LogP) is 4.80. The number of para-hydroxylation sites is 1. The molecular weight excluding hydrogens is 498 g/mol. The molecule has 1 unspecified atom stereocenters. The molecule has 8 nitrogen and oxygen atoms in total. The number of carbonyl (C=O) groups is 1. The third-order valence-electron chi connectivity index (χ3n) is 7.55. The number of nitrogens with one attached hydrogen (secondary N) is 1. The Labute approximate surface area is 227 Å². The standard InChI is InChI=1S/C29H32ClN7O/c1-21(29(38)36-18-16-35(17-19-36)25-7-3-2-6-24(25)30)32-28-27(33-26-20-31-12-15-37(26)28)22-8-10-23(11-9-22)34-13-4-5-14-34/h2-3,6-12,15,20-21,32H,4-5,13-14,16-19H2,1H3. The average molecular weight is 530 g/mol. The van der Waals surface area contributed by atoms with E-state index in [2.05, 4.69) is 44.4 Å². The van der Waals surface area contributed by atoms with E-state index in [1.54, 1.807) is 12.4 Å². The number of anilines is 3. The van der Waals surface area contributed by atoms with Gasteiger partial charge in [0, 0.05) is 62.9 Å². The highest BCUT2D eigenvalue weighted by molar-refractivity contribution is 6.33. The number of halogens is 1. The molecule has 196 valence electrons.